The van der Waals surface area contributed by atoms with E-state index in [0.29, 0.717) is 19.0 Å². The van der Waals surface area contributed by atoms with Gasteiger partial charge in [0.1, 0.15) is 5.75 Å². The molecule has 0 radical (unpaired) electrons. The molecule has 0 unspecified atom stereocenters. The molecule has 1 aromatic rings. The second-order valence-corrected chi connectivity index (χ2v) is 5.46. The minimum Gasteiger partial charge on any atom is -0.495 e. The first-order valence-electron chi connectivity index (χ1n) is 5.97. The molecular formula is C12H18N2O5S. The van der Waals surface area contributed by atoms with Crippen molar-refractivity contribution in [3.8, 4) is 5.75 Å². The Morgan fingerprint density at radius 1 is 1.40 bits per heavy atom. The molecule has 0 aliphatic carbocycles. The molecule has 1 aromatic carbocycles. The van der Waals surface area contributed by atoms with Crippen LogP contribution in [0.3, 0.4) is 0 Å². The zero-order chi connectivity index (χ0) is 15.2. The molecule has 0 bridgehead atoms. The SMILES string of the molecule is CCOCCC(=O)Nc1cc(S(N)(=O)=O)ccc1OC. The number of methoxy groups -OCH3 is 1. The number of anilines is 1. The van der Waals surface area contributed by atoms with Crippen molar-refractivity contribution in [2.75, 3.05) is 25.6 Å². The van der Waals surface area contributed by atoms with E-state index in [2.05, 4.69) is 5.32 Å². The van der Waals surface area contributed by atoms with Crippen LogP contribution in [0.1, 0.15) is 13.3 Å². The van der Waals surface area contributed by atoms with Gasteiger partial charge in [0.25, 0.3) is 0 Å². The maximum Gasteiger partial charge on any atom is 0.238 e. The summed E-state index contributed by atoms with van der Waals surface area (Å²) in [5, 5.41) is 7.61. The molecule has 0 atom stereocenters. The van der Waals surface area contributed by atoms with Gasteiger partial charge < -0.3 is 14.8 Å². The Morgan fingerprint density at radius 2 is 2.10 bits per heavy atom. The summed E-state index contributed by atoms with van der Waals surface area (Å²) in [6, 6.07) is 3.99. The normalized spacial score (nSPS) is 11.2. The molecule has 0 saturated carbocycles. The van der Waals surface area contributed by atoms with Gasteiger partial charge in [-0.05, 0) is 25.1 Å². The van der Waals surface area contributed by atoms with Gasteiger partial charge in [-0.25, -0.2) is 13.6 Å². The number of hydrogen-bond donors (Lipinski definition) is 2. The third kappa shape index (κ3) is 4.80. The number of nitrogens with one attached hydrogen (secondary N) is 1. The summed E-state index contributed by atoms with van der Waals surface area (Å²) < 4.78 is 32.7. The van der Waals surface area contributed by atoms with E-state index >= 15 is 0 Å². The van der Waals surface area contributed by atoms with Gasteiger partial charge >= 0.3 is 0 Å². The number of carbonyl (C=O) groups is 1. The van der Waals surface area contributed by atoms with E-state index in [4.69, 9.17) is 14.6 Å². The summed E-state index contributed by atoms with van der Waals surface area (Å²) in [5.41, 5.74) is 0.250. The highest BCUT2D eigenvalue weighted by Gasteiger charge is 2.13. The number of amides is 1. The number of ether oxygens (including phenoxy) is 2. The number of primary sulfonamides is 1. The van der Waals surface area contributed by atoms with Crippen LogP contribution in [0, 0.1) is 0 Å². The smallest absolute Gasteiger partial charge is 0.238 e. The van der Waals surface area contributed by atoms with Gasteiger partial charge in [0.15, 0.2) is 0 Å². The van der Waals surface area contributed by atoms with Crippen molar-refractivity contribution in [1.82, 2.24) is 0 Å². The zero-order valence-electron chi connectivity index (χ0n) is 11.4. The number of nitrogens with two attached hydrogens (primary N) is 1. The van der Waals surface area contributed by atoms with Crippen molar-refractivity contribution >= 4 is 21.6 Å². The molecule has 7 nitrogen and oxygen atoms in total. The fourth-order valence-electron chi connectivity index (χ4n) is 1.48. The molecule has 0 aliphatic rings. The zero-order valence-corrected chi connectivity index (χ0v) is 12.2. The lowest BCUT2D eigenvalue weighted by Crippen LogP contribution is -2.16. The lowest BCUT2D eigenvalue weighted by Gasteiger charge is -2.11. The Bertz CT molecular complexity index is 571. The van der Waals surface area contributed by atoms with Crippen LogP contribution in [-0.4, -0.2) is 34.6 Å². The molecule has 8 heteroatoms. The van der Waals surface area contributed by atoms with Crippen molar-refractivity contribution in [3.63, 3.8) is 0 Å². The van der Waals surface area contributed by atoms with Crippen LogP contribution in [0.15, 0.2) is 23.1 Å². The highest BCUT2D eigenvalue weighted by molar-refractivity contribution is 7.89. The Hall–Kier alpha value is -1.64. The maximum atomic E-state index is 11.7. The van der Waals surface area contributed by atoms with Gasteiger partial charge in [0, 0.05) is 6.61 Å². The summed E-state index contributed by atoms with van der Waals surface area (Å²) in [6.07, 6.45) is 0.163. The van der Waals surface area contributed by atoms with Gasteiger partial charge in [-0.15, -0.1) is 0 Å². The highest BCUT2D eigenvalue weighted by Crippen LogP contribution is 2.27. The molecule has 112 valence electrons. The van der Waals surface area contributed by atoms with Crippen molar-refractivity contribution in [2.24, 2.45) is 5.14 Å². The average Bonchev–Trinajstić information content (AvgIpc) is 2.38. The van der Waals surface area contributed by atoms with Crippen LogP contribution in [0.4, 0.5) is 5.69 Å². The fourth-order valence-corrected chi connectivity index (χ4v) is 2.02. The molecule has 0 heterocycles. The van der Waals surface area contributed by atoms with Gasteiger partial charge in [-0.3, -0.25) is 4.79 Å². The Balaban J connectivity index is 2.89. The van der Waals surface area contributed by atoms with E-state index < -0.39 is 10.0 Å². The van der Waals surface area contributed by atoms with Crippen molar-refractivity contribution < 1.29 is 22.7 Å². The van der Waals surface area contributed by atoms with Crippen molar-refractivity contribution in [1.29, 1.82) is 0 Å². The number of carbonyl (C=O) groups excluding carboxylic acids is 1. The molecule has 1 amide bonds. The van der Waals surface area contributed by atoms with Gasteiger partial charge in [0.2, 0.25) is 15.9 Å². The second kappa shape index (κ2) is 7.22. The molecule has 0 aliphatic heterocycles. The second-order valence-electron chi connectivity index (χ2n) is 3.90. The highest BCUT2D eigenvalue weighted by atomic mass is 32.2. The first-order chi connectivity index (χ1) is 9.38. The van der Waals surface area contributed by atoms with Crippen molar-refractivity contribution in [2.45, 2.75) is 18.2 Å². The number of hydrogen-bond acceptors (Lipinski definition) is 5. The third-order valence-corrected chi connectivity index (χ3v) is 3.36. The van der Waals surface area contributed by atoms with Gasteiger partial charge in [-0.2, -0.15) is 0 Å². The van der Waals surface area contributed by atoms with Crippen LogP contribution >= 0.6 is 0 Å². The summed E-state index contributed by atoms with van der Waals surface area (Å²) >= 11 is 0. The summed E-state index contributed by atoms with van der Waals surface area (Å²) in [6.45, 7) is 2.65. The molecule has 0 spiro atoms. The standard InChI is InChI=1S/C12H18N2O5S/c1-3-19-7-6-12(15)14-10-8-9(20(13,16)17)4-5-11(10)18-2/h4-5,8H,3,6-7H2,1-2H3,(H,14,15)(H2,13,16,17). The van der Waals surface area contributed by atoms with E-state index in [0.717, 1.165) is 0 Å². The molecule has 3 N–H and O–H groups in total. The number of rotatable bonds is 7. The van der Waals surface area contributed by atoms with Gasteiger partial charge in [-0.1, -0.05) is 0 Å². The monoisotopic (exact) mass is 302 g/mol. The summed E-state index contributed by atoms with van der Waals surface area (Å²) in [4.78, 5) is 11.6. The largest absolute Gasteiger partial charge is 0.495 e. The third-order valence-electron chi connectivity index (χ3n) is 2.45. The number of sulfonamides is 1. The molecule has 0 fully saturated rings. The van der Waals surface area contributed by atoms with Crippen LogP contribution < -0.4 is 15.2 Å². The van der Waals surface area contributed by atoms with E-state index in [9.17, 15) is 13.2 Å². The molecule has 0 saturated heterocycles. The fraction of sp³-hybridized carbons (Fsp3) is 0.417. The molecule has 20 heavy (non-hydrogen) atoms. The van der Waals surface area contributed by atoms with Crippen LogP contribution in [-0.2, 0) is 19.6 Å². The summed E-state index contributed by atoms with van der Waals surface area (Å²) in [5.74, 6) is 0.0467. The minimum atomic E-state index is -3.84. The van der Waals surface area contributed by atoms with E-state index in [1.807, 2.05) is 6.92 Å². The predicted molar refractivity (Wildman–Crippen MR) is 74.1 cm³/mol. The first-order valence-corrected chi connectivity index (χ1v) is 7.51. The molecular weight excluding hydrogens is 284 g/mol. The lowest BCUT2D eigenvalue weighted by molar-refractivity contribution is -0.117. The Labute approximate surface area is 118 Å². The predicted octanol–water partition coefficient (Wildman–Crippen LogP) is 0.708. The van der Waals surface area contributed by atoms with Crippen LogP contribution in [0.25, 0.3) is 0 Å². The summed E-state index contributed by atoms with van der Waals surface area (Å²) in [7, 11) is -2.42. The lowest BCUT2D eigenvalue weighted by atomic mass is 10.2. The topological polar surface area (TPSA) is 108 Å². The van der Waals surface area contributed by atoms with Crippen molar-refractivity contribution in [3.05, 3.63) is 18.2 Å². The first kappa shape index (κ1) is 16.4. The number of benzene rings is 1. The average molecular weight is 302 g/mol. The molecule has 1 rings (SSSR count). The quantitative estimate of drug-likeness (QED) is 0.721. The molecule has 0 aromatic heterocycles. The Morgan fingerprint density at radius 3 is 2.65 bits per heavy atom. The van der Waals surface area contributed by atoms with E-state index in [-0.39, 0.29) is 22.9 Å². The van der Waals surface area contributed by atoms with E-state index in [1.165, 1.54) is 25.3 Å². The maximum absolute atomic E-state index is 11.7. The Kier molecular flexibility index (Phi) is 5.93. The van der Waals surface area contributed by atoms with Gasteiger partial charge in [0.05, 0.1) is 30.7 Å². The minimum absolute atomic E-state index is 0.0987. The van der Waals surface area contributed by atoms with E-state index in [1.54, 1.807) is 0 Å². The van der Waals surface area contributed by atoms with Crippen LogP contribution in [0.5, 0.6) is 5.75 Å². The van der Waals surface area contributed by atoms with Crippen LogP contribution in [0.2, 0.25) is 0 Å².